The van der Waals surface area contributed by atoms with Crippen molar-refractivity contribution in [3.63, 3.8) is 0 Å². The molecule has 7 heteroatoms. The summed E-state index contributed by atoms with van der Waals surface area (Å²) in [5.41, 5.74) is 1.55. The fraction of sp³-hybridized carbons (Fsp3) is 0.273. The number of nitrogens with zero attached hydrogens (tertiary/aromatic N) is 4. The van der Waals surface area contributed by atoms with Crippen LogP contribution in [-0.2, 0) is 6.54 Å². The summed E-state index contributed by atoms with van der Waals surface area (Å²) in [5, 5.41) is 5.60. The molecule has 0 spiro atoms. The van der Waals surface area contributed by atoms with Gasteiger partial charge < -0.3 is 10.6 Å². The van der Waals surface area contributed by atoms with E-state index in [1.165, 1.54) is 0 Å². The molecule has 0 saturated heterocycles. The maximum Gasteiger partial charge on any atom is 0.224 e. The van der Waals surface area contributed by atoms with E-state index in [-0.39, 0.29) is 5.82 Å². The zero-order valence-corrected chi connectivity index (χ0v) is 10.1. The Bertz CT molecular complexity index is 528. The Balaban J connectivity index is 2.07. The van der Waals surface area contributed by atoms with Gasteiger partial charge in [0.15, 0.2) is 11.6 Å². The van der Waals surface area contributed by atoms with Gasteiger partial charge in [-0.3, -0.25) is 9.97 Å². The lowest BCUT2D eigenvalue weighted by Crippen LogP contribution is -2.08. The molecule has 2 N–H and O–H groups in total. The number of anilines is 2. The van der Waals surface area contributed by atoms with Gasteiger partial charge in [0.05, 0.1) is 30.3 Å². The number of nitrogens with one attached hydrogen (secondary N) is 2. The normalized spacial score (nSPS) is 10.2. The maximum absolute atomic E-state index is 13.4. The highest BCUT2D eigenvalue weighted by atomic mass is 19.1. The summed E-state index contributed by atoms with van der Waals surface area (Å²) in [6.07, 6.45) is 4.41. The highest BCUT2D eigenvalue weighted by Crippen LogP contribution is 2.12. The van der Waals surface area contributed by atoms with Crippen LogP contribution in [0.3, 0.4) is 0 Å². The van der Waals surface area contributed by atoms with Gasteiger partial charge in [0.25, 0.3) is 0 Å². The van der Waals surface area contributed by atoms with Crippen molar-refractivity contribution < 1.29 is 4.39 Å². The minimum atomic E-state index is -0.505. The summed E-state index contributed by atoms with van der Waals surface area (Å²) in [4.78, 5) is 16.0. The lowest BCUT2D eigenvalue weighted by Gasteiger charge is -2.07. The Morgan fingerprint density at radius 2 is 2.00 bits per heavy atom. The predicted octanol–water partition coefficient (Wildman–Crippen LogP) is 1.37. The molecule has 0 unspecified atom stereocenters. The number of hydrogen-bond acceptors (Lipinski definition) is 6. The van der Waals surface area contributed by atoms with Crippen LogP contribution >= 0.6 is 0 Å². The van der Waals surface area contributed by atoms with Crippen molar-refractivity contribution >= 4 is 11.8 Å². The van der Waals surface area contributed by atoms with E-state index in [1.807, 2.05) is 6.92 Å². The molecule has 18 heavy (non-hydrogen) atoms. The van der Waals surface area contributed by atoms with Crippen molar-refractivity contribution in [2.75, 3.05) is 17.7 Å². The first kappa shape index (κ1) is 12.2. The molecule has 0 aliphatic carbocycles. The first-order chi connectivity index (χ1) is 8.69. The van der Waals surface area contributed by atoms with Crippen molar-refractivity contribution in [1.82, 2.24) is 19.9 Å². The average molecular weight is 248 g/mol. The van der Waals surface area contributed by atoms with Crippen molar-refractivity contribution in [2.24, 2.45) is 0 Å². The molecule has 0 saturated carbocycles. The van der Waals surface area contributed by atoms with E-state index >= 15 is 0 Å². The molecule has 0 radical (unpaired) electrons. The number of aromatic nitrogens is 4. The maximum atomic E-state index is 13.4. The third-order valence-corrected chi connectivity index (χ3v) is 2.24. The number of aryl methyl sites for hydroxylation is 1. The van der Waals surface area contributed by atoms with E-state index in [1.54, 1.807) is 19.4 Å². The van der Waals surface area contributed by atoms with Crippen LogP contribution in [0.5, 0.6) is 0 Å². The quantitative estimate of drug-likeness (QED) is 0.851. The third kappa shape index (κ3) is 2.88. The predicted molar refractivity (Wildman–Crippen MR) is 65.6 cm³/mol. The van der Waals surface area contributed by atoms with Gasteiger partial charge in [-0.25, -0.2) is 9.37 Å². The van der Waals surface area contributed by atoms with Crippen LogP contribution in [0.1, 0.15) is 11.4 Å². The molecule has 0 aromatic carbocycles. The van der Waals surface area contributed by atoms with Crippen LogP contribution in [0, 0.1) is 12.7 Å². The summed E-state index contributed by atoms with van der Waals surface area (Å²) >= 11 is 0. The van der Waals surface area contributed by atoms with Crippen LogP contribution in [-0.4, -0.2) is 27.0 Å². The van der Waals surface area contributed by atoms with Crippen molar-refractivity contribution in [2.45, 2.75) is 13.5 Å². The Morgan fingerprint density at radius 1 is 1.17 bits per heavy atom. The summed E-state index contributed by atoms with van der Waals surface area (Å²) in [5.74, 6) is -0.0142. The monoisotopic (exact) mass is 248 g/mol. The standard InChI is InChI=1S/C11H13FN6/c1-7-3-15-8(4-14-7)5-16-10-9(12)6-17-11(13-2)18-10/h3-4,6H,5H2,1-2H3,(H2,13,16,17,18). The molecule has 0 fully saturated rings. The molecule has 2 rings (SSSR count). The Labute approximate surface area is 104 Å². The van der Waals surface area contributed by atoms with Crippen molar-refractivity contribution in [3.05, 3.63) is 35.8 Å². The third-order valence-electron chi connectivity index (χ3n) is 2.24. The van der Waals surface area contributed by atoms with Crippen LogP contribution in [0.4, 0.5) is 16.2 Å². The lowest BCUT2D eigenvalue weighted by molar-refractivity contribution is 0.617. The highest BCUT2D eigenvalue weighted by Gasteiger charge is 2.06. The van der Waals surface area contributed by atoms with E-state index in [0.717, 1.165) is 11.9 Å². The van der Waals surface area contributed by atoms with Gasteiger partial charge in [-0.15, -0.1) is 0 Å². The van der Waals surface area contributed by atoms with Crippen LogP contribution in [0.15, 0.2) is 18.6 Å². The van der Waals surface area contributed by atoms with Gasteiger partial charge in [0, 0.05) is 13.2 Å². The fourth-order valence-corrected chi connectivity index (χ4v) is 1.30. The second-order valence-corrected chi connectivity index (χ2v) is 3.64. The first-order valence-electron chi connectivity index (χ1n) is 5.40. The second-order valence-electron chi connectivity index (χ2n) is 3.64. The van der Waals surface area contributed by atoms with E-state index in [0.29, 0.717) is 18.2 Å². The molecule has 6 nitrogen and oxygen atoms in total. The van der Waals surface area contributed by atoms with Crippen molar-refractivity contribution in [3.8, 4) is 0 Å². The van der Waals surface area contributed by atoms with Gasteiger partial charge in [-0.05, 0) is 6.92 Å². The minimum absolute atomic E-state index is 0.136. The molecular formula is C11H13FN6. The molecule has 0 atom stereocenters. The topological polar surface area (TPSA) is 75.6 Å². The van der Waals surface area contributed by atoms with Gasteiger partial charge in [-0.2, -0.15) is 4.98 Å². The van der Waals surface area contributed by atoms with Crippen molar-refractivity contribution in [1.29, 1.82) is 0 Å². The molecule has 0 aliphatic heterocycles. The Morgan fingerprint density at radius 3 is 2.67 bits per heavy atom. The minimum Gasteiger partial charge on any atom is -0.362 e. The first-order valence-corrected chi connectivity index (χ1v) is 5.40. The van der Waals surface area contributed by atoms with Crippen LogP contribution in [0.2, 0.25) is 0 Å². The van der Waals surface area contributed by atoms with Crippen LogP contribution in [0.25, 0.3) is 0 Å². The Kier molecular flexibility index (Phi) is 3.61. The van der Waals surface area contributed by atoms with Gasteiger partial charge in [-0.1, -0.05) is 0 Å². The zero-order chi connectivity index (χ0) is 13.0. The van der Waals surface area contributed by atoms with E-state index in [9.17, 15) is 4.39 Å². The number of halogens is 1. The number of hydrogen-bond donors (Lipinski definition) is 2. The molecule has 0 amide bonds. The summed E-state index contributed by atoms with van der Waals surface area (Å²) < 4.78 is 13.4. The Hall–Kier alpha value is -2.31. The zero-order valence-electron chi connectivity index (χ0n) is 10.1. The summed E-state index contributed by atoms with van der Waals surface area (Å²) in [7, 11) is 1.67. The molecule has 0 aliphatic rings. The smallest absolute Gasteiger partial charge is 0.224 e. The average Bonchev–Trinajstić information content (AvgIpc) is 2.40. The molecule has 2 heterocycles. The largest absolute Gasteiger partial charge is 0.362 e. The highest BCUT2D eigenvalue weighted by molar-refractivity contribution is 5.40. The lowest BCUT2D eigenvalue weighted by atomic mass is 10.4. The molecule has 2 aromatic heterocycles. The van der Waals surface area contributed by atoms with E-state index < -0.39 is 5.82 Å². The SMILES string of the molecule is CNc1ncc(F)c(NCc2cnc(C)cn2)n1. The number of rotatable bonds is 4. The van der Waals surface area contributed by atoms with E-state index in [4.69, 9.17) is 0 Å². The molecule has 0 bridgehead atoms. The fourth-order valence-electron chi connectivity index (χ4n) is 1.30. The summed E-state index contributed by atoms with van der Waals surface area (Å²) in [6.45, 7) is 2.21. The second kappa shape index (κ2) is 5.35. The molecular weight excluding hydrogens is 235 g/mol. The molecule has 94 valence electrons. The summed E-state index contributed by atoms with van der Waals surface area (Å²) in [6, 6.07) is 0. The van der Waals surface area contributed by atoms with Gasteiger partial charge in [0.2, 0.25) is 5.95 Å². The molecule has 2 aromatic rings. The van der Waals surface area contributed by atoms with Gasteiger partial charge in [0.1, 0.15) is 0 Å². The van der Waals surface area contributed by atoms with Crippen LogP contribution < -0.4 is 10.6 Å². The van der Waals surface area contributed by atoms with E-state index in [2.05, 4.69) is 30.6 Å². The van der Waals surface area contributed by atoms with Gasteiger partial charge >= 0.3 is 0 Å².